The number of ether oxygens (including phenoxy) is 1. The van der Waals surface area contributed by atoms with E-state index >= 15 is 0 Å². The molecule has 1 heterocycles. The molecule has 0 aliphatic carbocycles. The lowest BCUT2D eigenvalue weighted by atomic mass is 9.96. The Bertz CT molecular complexity index is 1140. The highest BCUT2D eigenvalue weighted by atomic mass is 16.5. The summed E-state index contributed by atoms with van der Waals surface area (Å²) in [5, 5.41) is 18.1. The summed E-state index contributed by atoms with van der Waals surface area (Å²) < 4.78 is 11.5. The Morgan fingerprint density at radius 3 is 2.70 bits per heavy atom. The van der Waals surface area contributed by atoms with Crippen molar-refractivity contribution in [1.82, 2.24) is 4.98 Å². The summed E-state index contributed by atoms with van der Waals surface area (Å²) in [6, 6.07) is 16.4. The summed E-state index contributed by atoms with van der Waals surface area (Å²) in [5.74, 6) is 6.18. The molecular weight excluding hydrogens is 380 g/mol. The van der Waals surface area contributed by atoms with Gasteiger partial charge in [0.25, 0.3) is 0 Å². The second-order valence-electron chi connectivity index (χ2n) is 6.62. The fraction of sp³-hybridized carbons (Fsp3) is 0.208. The first kappa shape index (κ1) is 20.7. The molecule has 0 aliphatic heterocycles. The van der Waals surface area contributed by atoms with Crippen LogP contribution in [-0.2, 0) is 11.4 Å². The lowest BCUT2D eigenvalue weighted by Crippen LogP contribution is -2.04. The maximum absolute atomic E-state index is 11.0. The van der Waals surface area contributed by atoms with Gasteiger partial charge in [-0.05, 0) is 49.7 Å². The molecule has 0 aliphatic rings. The van der Waals surface area contributed by atoms with Gasteiger partial charge < -0.3 is 14.3 Å². The van der Waals surface area contributed by atoms with E-state index in [4.69, 9.17) is 19.5 Å². The lowest BCUT2D eigenvalue weighted by molar-refractivity contribution is -0.137. The van der Waals surface area contributed by atoms with E-state index in [0.29, 0.717) is 28.7 Å². The molecule has 3 rings (SSSR count). The van der Waals surface area contributed by atoms with Crippen LogP contribution in [-0.4, -0.2) is 16.1 Å². The van der Waals surface area contributed by atoms with E-state index in [2.05, 4.69) is 22.9 Å². The SMILES string of the molecule is CC#CC(CC(=O)O)c1ccc(OCc2nc(-c3cccc(C#N)c3)oc2C)cc1. The molecule has 1 atom stereocenters. The Morgan fingerprint density at radius 1 is 1.27 bits per heavy atom. The number of oxazole rings is 1. The van der Waals surface area contributed by atoms with Crippen LogP contribution in [0.2, 0.25) is 0 Å². The molecule has 3 aromatic rings. The standard InChI is InChI=1S/C24H20N2O4/c1-3-5-19(13-23(27)28)18-8-10-21(11-9-18)29-15-22-16(2)30-24(26-22)20-7-4-6-17(12-20)14-25/h4,6-12,19H,13,15H2,1-2H3,(H,27,28). The van der Waals surface area contributed by atoms with Gasteiger partial charge in [0.05, 0.1) is 24.0 Å². The van der Waals surface area contributed by atoms with Crippen LogP contribution in [0.5, 0.6) is 5.75 Å². The highest BCUT2D eigenvalue weighted by molar-refractivity contribution is 5.69. The van der Waals surface area contributed by atoms with Gasteiger partial charge in [-0.1, -0.05) is 24.1 Å². The van der Waals surface area contributed by atoms with E-state index in [0.717, 1.165) is 11.1 Å². The summed E-state index contributed by atoms with van der Waals surface area (Å²) in [4.78, 5) is 15.5. The molecule has 1 N–H and O–H groups in total. The summed E-state index contributed by atoms with van der Waals surface area (Å²) in [7, 11) is 0. The third-order valence-electron chi connectivity index (χ3n) is 4.49. The highest BCUT2D eigenvalue weighted by Gasteiger charge is 2.15. The molecule has 0 amide bonds. The minimum absolute atomic E-state index is 0.0467. The summed E-state index contributed by atoms with van der Waals surface area (Å²) in [5.41, 5.74) is 2.76. The second-order valence-corrected chi connectivity index (χ2v) is 6.62. The van der Waals surface area contributed by atoms with Gasteiger partial charge in [-0.25, -0.2) is 4.98 Å². The fourth-order valence-electron chi connectivity index (χ4n) is 2.96. The largest absolute Gasteiger partial charge is 0.487 e. The predicted molar refractivity (Wildman–Crippen MR) is 111 cm³/mol. The molecule has 0 saturated carbocycles. The molecule has 6 nitrogen and oxygen atoms in total. The van der Waals surface area contributed by atoms with Crippen LogP contribution in [0, 0.1) is 30.1 Å². The maximum Gasteiger partial charge on any atom is 0.304 e. The van der Waals surface area contributed by atoms with Gasteiger partial charge >= 0.3 is 5.97 Å². The third kappa shape index (κ3) is 5.06. The van der Waals surface area contributed by atoms with Gasteiger partial charge in [0, 0.05) is 5.56 Å². The zero-order valence-electron chi connectivity index (χ0n) is 16.7. The Balaban J connectivity index is 1.70. The molecule has 150 valence electrons. The Morgan fingerprint density at radius 2 is 2.03 bits per heavy atom. The molecule has 0 radical (unpaired) electrons. The molecule has 0 fully saturated rings. The number of aryl methyl sites for hydroxylation is 1. The zero-order chi connectivity index (χ0) is 21.5. The average Bonchev–Trinajstić information content (AvgIpc) is 3.13. The number of carboxylic acid groups (broad SMARTS) is 1. The van der Waals surface area contributed by atoms with Gasteiger partial charge in [-0.2, -0.15) is 5.26 Å². The number of nitrogens with zero attached hydrogens (tertiary/aromatic N) is 2. The molecule has 2 aromatic carbocycles. The van der Waals surface area contributed by atoms with Crippen LogP contribution in [0.4, 0.5) is 0 Å². The number of carboxylic acids is 1. The Labute approximate surface area is 174 Å². The van der Waals surface area contributed by atoms with Crippen molar-refractivity contribution in [1.29, 1.82) is 5.26 Å². The third-order valence-corrected chi connectivity index (χ3v) is 4.49. The summed E-state index contributed by atoms with van der Waals surface area (Å²) >= 11 is 0. The highest BCUT2D eigenvalue weighted by Crippen LogP contribution is 2.25. The van der Waals surface area contributed by atoms with Crippen molar-refractivity contribution in [3.63, 3.8) is 0 Å². The number of nitriles is 1. The Hall–Kier alpha value is -4.03. The van der Waals surface area contributed by atoms with E-state index in [1.54, 1.807) is 37.3 Å². The van der Waals surface area contributed by atoms with Crippen molar-refractivity contribution in [3.8, 4) is 35.1 Å². The van der Waals surface area contributed by atoms with E-state index in [9.17, 15) is 4.79 Å². The monoisotopic (exact) mass is 400 g/mol. The molecule has 6 heteroatoms. The number of aliphatic carboxylic acids is 1. The van der Waals surface area contributed by atoms with Crippen molar-refractivity contribution in [2.24, 2.45) is 0 Å². The Kier molecular flexibility index (Phi) is 6.52. The number of aromatic nitrogens is 1. The zero-order valence-corrected chi connectivity index (χ0v) is 16.7. The lowest BCUT2D eigenvalue weighted by Gasteiger charge is -2.10. The maximum atomic E-state index is 11.0. The molecule has 1 aromatic heterocycles. The van der Waals surface area contributed by atoms with Gasteiger partial charge in [-0.3, -0.25) is 4.79 Å². The molecular formula is C24H20N2O4. The smallest absolute Gasteiger partial charge is 0.304 e. The van der Waals surface area contributed by atoms with Crippen LogP contribution in [0.15, 0.2) is 52.9 Å². The van der Waals surface area contributed by atoms with Crippen LogP contribution >= 0.6 is 0 Å². The normalized spacial score (nSPS) is 11.1. The molecule has 1 unspecified atom stereocenters. The summed E-state index contributed by atoms with van der Waals surface area (Å²) in [6.45, 7) is 3.73. The molecule has 0 saturated heterocycles. The number of carbonyl (C=O) groups is 1. The van der Waals surface area contributed by atoms with Gasteiger partial charge in [0.2, 0.25) is 5.89 Å². The first-order chi connectivity index (χ1) is 14.5. The summed E-state index contributed by atoms with van der Waals surface area (Å²) in [6.07, 6.45) is -0.0467. The van der Waals surface area contributed by atoms with Crippen molar-refractivity contribution in [3.05, 3.63) is 71.1 Å². The topological polar surface area (TPSA) is 96.4 Å². The van der Waals surface area contributed by atoms with Crippen molar-refractivity contribution in [2.45, 2.75) is 32.8 Å². The number of hydrogen-bond acceptors (Lipinski definition) is 5. The van der Waals surface area contributed by atoms with Gasteiger partial charge in [0.1, 0.15) is 23.8 Å². The van der Waals surface area contributed by atoms with Crippen molar-refractivity contribution >= 4 is 5.97 Å². The first-order valence-corrected chi connectivity index (χ1v) is 9.34. The predicted octanol–water partition coefficient (Wildman–Crippen LogP) is 4.68. The van der Waals surface area contributed by atoms with Crippen LogP contribution < -0.4 is 4.74 Å². The number of hydrogen-bond donors (Lipinski definition) is 1. The van der Waals surface area contributed by atoms with Crippen LogP contribution in [0.3, 0.4) is 0 Å². The van der Waals surface area contributed by atoms with Gasteiger partial charge in [-0.15, -0.1) is 5.92 Å². The van der Waals surface area contributed by atoms with E-state index in [-0.39, 0.29) is 18.9 Å². The van der Waals surface area contributed by atoms with E-state index in [1.165, 1.54) is 0 Å². The van der Waals surface area contributed by atoms with E-state index in [1.807, 2.05) is 25.1 Å². The molecule has 0 spiro atoms. The number of rotatable bonds is 7. The fourth-order valence-corrected chi connectivity index (χ4v) is 2.96. The average molecular weight is 400 g/mol. The van der Waals surface area contributed by atoms with E-state index < -0.39 is 5.97 Å². The minimum atomic E-state index is -0.888. The van der Waals surface area contributed by atoms with Gasteiger partial charge in [0.15, 0.2) is 0 Å². The number of benzene rings is 2. The second kappa shape index (κ2) is 9.45. The van der Waals surface area contributed by atoms with Crippen molar-refractivity contribution < 1.29 is 19.1 Å². The molecule has 30 heavy (non-hydrogen) atoms. The molecule has 0 bridgehead atoms. The minimum Gasteiger partial charge on any atom is -0.487 e. The first-order valence-electron chi connectivity index (χ1n) is 9.34. The van der Waals surface area contributed by atoms with Crippen LogP contribution in [0.1, 0.15) is 41.8 Å². The quantitative estimate of drug-likeness (QED) is 0.578. The van der Waals surface area contributed by atoms with Crippen molar-refractivity contribution in [2.75, 3.05) is 0 Å². The van der Waals surface area contributed by atoms with Crippen LogP contribution in [0.25, 0.3) is 11.5 Å².